The van der Waals surface area contributed by atoms with Crippen LogP contribution in [0.3, 0.4) is 0 Å². The molecule has 1 saturated heterocycles. The van der Waals surface area contributed by atoms with E-state index in [-0.39, 0.29) is 33.7 Å². The number of nitrogens with zero attached hydrogens (tertiary/aromatic N) is 2. The van der Waals surface area contributed by atoms with Crippen molar-refractivity contribution in [3.05, 3.63) is 52.8 Å². The van der Waals surface area contributed by atoms with Gasteiger partial charge >= 0.3 is 5.97 Å². The molecule has 1 fully saturated rings. The number of amides is 1. The molecule has 0 spiro atoms. The van der Waals surface area contributed by atoms with Crippen molar-refractivity contribution in [1.29, 1.82) is 0 Å². The van der Waals surface area contributed by atoms with E-state index >= 15 is 0 Å². The lowest BCUT2D eigenvalue weighted by atomic mass is 9.98. The molecular formula is C19H19Cl2N3O5S. The molecule has 11 heteroatoms. The van der Waals surface area contributed by atoms with Crippen molar-refractivity contribution in [3.63, 3.8) is 0 Å². The van der Waals surface area contributed by atoms with Crippen molar-refractivity contribution in [2.24, 2.45) is 5.92 Å². The Balaban J connectivity index is 1.49. The standard InChI is InChI=1S/C19H19Cl2N3O5S/c20-15-4-1-5-16(21)18(15)23-17(25)12-29-19(26)13-6-9-24(10-7-13)30(27,28)14-3-2-8-22-11-14/h1-5,8,11,13H,6-7,9-10,12H2,(H,23,25). The Labute approximate surface area is 184 Å². The van der Waals surface area contributed by atoms with Crippen molar-refractivity contribution in [2.45, 2.75) is 17.7 Å². The molecule has 2 aromatic rings. The molecular weight excluding hydrogens is 453 g/mol. The Kier molecular flexibility index (Phi) is 7.30. The normalized spacial score (nSPS) is 15.5. The molecule has 0 bridgehead atoms. The van der Waals surface area contributed by atoms with Gasteiger partial charge in [-0.15, -0.1) is 0 Å². The fraction of sp³-hybridized carbons (Fsp3) is 0.316. The van der Waals surface area contributed by atoms with E-state index in [0.717, 1.165) is 0 Å². The highest BCUT2D eigenvalue weighted by molar-refractivity contribution is 7.89. The van der Waals surface area contributed by atoms with E-state index in [1.165, 1.54) is 22.8 Å². The fourth-order valence-electron chi connectivity index (χ4n) is 3.03. The van der Waals surface area contributed by atoms with Crippen LogP contribution in [0, 0.1) is 5.92 Å². The first-order chi connectivity index (χ1) is 14.3. The lowest BCUT2D eigenvalue weighted by Gasteiger charge is -2.29. The Hall–Kier alpha value is -2.20. The van der Waals surface area contributed by atoms with E-state index in [0.29, 0.717) is 12.8 Å². The second-order valence-electron chi connectivity index (χ2n) is 6.62. The number of aromatic nitrogens is 1. The summed E-state index contributed by atoms with van der Waals surface area (Å²) in [6, 6.07) is 7.82. The second-order valence-corrected chi connectivity index (χ2v) is 9.37. The molecule has 3 rings (SSSR count). The summed E-state index contributed by atoms with van der Waals surface area (Å²) in [5.74, 6) is -1.61. The first kappa shape index (κ1) is 22.5. The summed E-state index contributed by atoms with van der Waals surface area (Å²) in [4.78, 5) is 28.3. The molecule has 8 nitrogen and oxygen atoms in total. The molecule has 0 unspecified atom stereocenters. The maximum absolute atomic E-state index is 12.6. The molecule has 1 N–H and O–H groups in total. The summed E-state index contributed by atoms with van der Waals surface area (Å²) in [6.07, 6.45) is 3.39. The molecule has 0 radical (unpaired) electrons. The number of piperidine rings is 1. The van der Waals surface area contributed by atoms with Crippen molar-refractivity contribution in [2.75, 3.05) is 25.0 Å². The number of esters is 1. The average molecular weight is 472 g/mol. The van der Waals surface area contributed by atoms with Crippen molar-refractivity contribution in [1.82, 2.24) is 9.29 Å². The third-order valence-electron chi connectivity index (χ3n) is 4.63. The van der Waals surface area contributed by atoms with Crippen LogP contribution in [-0.2, 0) is 24.3 Å². The Morgan fingerprint density at radius 3 is 2.40 bits per heavy atom. The number of carbonyl (C=O) groups excluding carboxylic acids is 2. The fourth-order valence-corrected chi connectivity index (χ4v) is 4.95. The van der Waals surface area contributed by atoms with E-state index in [4.69, 9.17) is 27.9 Å². The summed E-state index contributed by atoms with van der Waals surface area (Å²) in [7, 11) is -3.65. The minimum Gasteiger partial charge on any atom is -0.455 e. The highest BCUT2D eigenvalue weighted by Gasteiger charge is 2.33. The first-order valence-corrected chi connectivity index (χ1v) is 11.3. The summed E-state index contributed by atoms with van der Waals surface area (Å²) < 4.78 is 31.6. The predicted molar refractivity (Wildman–Crippen MR) is 112 cm³/mol. The van der Waals surface area contributed by atoms with Crippen LogP contribution in [0.1, 0.15) is 12.8 Å². The smallest absolute Gasteiger partial charge is 0.309 e. The van der Waals surface area contributed by atoms with Gasteiger partial charge in [-0.2, -0.15) is 4.31 Å². The molecule has 1 aliphatic rings. The molecule has 2 heterocycles. The van der Waals surface area contributed by atoms with Crippen molar-refractivity contribution < 1.29 is 22.7 Å². The van der Waals surface area contributed by atoms with Crippen LogP contribution in [0.2, 0.25) is 10.0 Å². The number of rotatable bonds is 6. The minimum atomic E-state index is -3.65. The van der Waals surface area contributed by atoms with Crippen molar-refractivity contribution >= 4 is 50.8 Å². The number of anilines is 1. The zero-order valence-electron chi connectivity index (χ0n) is 15.8. The summed E-state index contributed by atoms with van der Waals surface area (Å²) in [5, 5.41) is 3.04. The van der Waals surface area contributed by atoms with E-state index in [1.807, 2.05) is 0 Å². The van der Waals surface area contributed by atoms with E-state index in [9.17, 15) is 18.0 Å². The third-order valence-corrected chi connectivity index (χ3v) is 7.14. The number of hydrogen-bond acceptors (Lipinski definition) is 6. The quantitative estimate of drug-likeness (QED) is 0.649. The zero-order chi connectivity index (χ0) is 21.7. The van der Waals surface area contributed by atoms with Crippen LogP contribution in [0.4, 0.5) is 5.69 Å². The van der Waals surface area contributed by atoms with Crippen LogP contribution < -0.4 is 5.32 Å². The average Bonchev–Trinajstić information content (AvgIpc) is 2.75. The molecule has 160 valence electrons. The van der Waals surface area contributed by atoms with Gasteiger partial charge in [-0.05, 0) is 37.1 Å². The largest absolute Gasteiger partial charge is 0.455 e. The maximum atomic E-state index is 12.6. The Bertz CT molecular complexity index is 1010. The molecule has 1 aliphatic heterocycles. The van der Waals surface area contributed by atoms with Gasteiger partial charge in [0.15, 0.2) is 6.61 Å². The number of nitrogens with one attached hydrogen (secondary N) is 1. The molecule has 30 heavy (non-hydrogen) atoms. The van der Waals surface area contributed by atoms with Gasteiger partial charge in [0.2, 0.25) is 10.0 Å². The second kappa shape index (κ2) is 9.74. The van der Waals surface area contributed by atoms with Gasteiger partial charge in [-0.3, -0.25) is 14.6 Å². The third kappa shape index (κ3) is 5.28. The number of halogens is 2. The van der Waals surface area contributed by atoms with Gasteiger partial charge in [0.05, 0.1) is 21.7 Å². The number of benzene rings is 1. The summed E-state index contributed by atoms with van der Waals surface area (Å²) >= 11 is 12.0. The number of sulfonamides is 1. The maximum Gasteiger partial charge on any atom is 0.309 e. The molecule has 0 atom stereocenters. The Morgan fingerprint density at radius 2 is 1.80 bits per heavy atom. The zero-order valence-corrected chi connectivity index (χ0v) is 18.1. The van der Waals surface area contributed by atoms with Crippen LogP contribution >= 0.6 is 23.2 Å². The molecule has 0 aliphatic carbocycles. The SMILES string of the molecule is O=C(COC(=O)C1CCN(S(=O)(=O)c2cccnc2)CC1)Nc1c(Cl)cccc1Cl. The van der Waals surface area contributed by atoms with Gasteiger partial charge in [-0.25, -0.2) is 8.42 Å². The first-order valence-electron chi connectivity index (χ1n) is 9.09. The number of carbonyl (C=O) groups is 2. The van der Waals surface area contributed by atoms with Crippen LogP contribution in [0.25, 0.3) is 0 Å². The van der Waals surface area contributed by atoms with Crippen LogP contribution in [0.5, 0.6) is 0 Å². The van der Waals surface area contributed by atoms with Gasteiger partial charge in [-0.1, -0.05) is 29.3 Å². The minimum absolute atomic E-state index is 0.112. The summed E-state index contributed by atoms with van der Waals surface area (Å²) in [5.41, 5.74) is 0.246. The van der Waals surface area contributed by atoms with E-state index in [1.54, 1.807) is 24.3 Å². The van der Waals surface area contributed by atoms with Crippen molar-refractivity contribution in [3.8, 4) is 0 Å². The predicted octanol–water partition coefficient (Wildman–Crippen LogP) is 2.97. The van der Waals surface area contributed by atoms with Gasteiger partial charge in [0.25, 0.3) is 5.91 Å². The van der Waals surface area contributed by atoms with E-state index in [2.05, 4.69) is 10.3 Å². The topological polar surface area (TPSA) is 106 Å². The highest BCUT2D eigenvalue weighted by Crippen LogP contribution is 2.29. The number of para-hydroxylation sites is 1. The summed E-state index contributed by atoms with van der Waals surface area (Å²) in [6.45, 7) is -0.134. The number of ether oxygens (including phenoxy) is 1. The Morgan fingerprint density at radius 1 is 1.13 bits per heavy atom. The van der Waals surface area contributed by atoms with Crippen LogP contribution in [-0.4, -0.2) is 49.3 Å². The number of hydrogen-bond donors (Lipinski definition) is 1. The molecule has 1 aromatic carbocycles. The molecule has 1 amide bonds. The van der Waals surface area contributed by atoms with Gasteiger partial charge < -0.3 is 10.1 Å². The number of pyridine rings is 1. The lowest BCUT2D eigenvalue weighted by molar-refractivity contribution is -0.152. The molecule has 1 aromatic heterocycles. The van der Waals surface area contributed by atoms with Crippen LogP contribution in [0.15, 0.2) is 47.6 Å². The molecule has 0 saturated carbocycles. The lowest BCUT2D eigenvalue weighted by Crippen LogP contribution is -2.41. The van der Waals surface area contributed by atoms with Gasteiger partial charge in [0.1, 0.15) is 4.90 Å². The highest BCUT2D eigenvalue weighted by atomic mass is 35.5. The monoisotopic (exact) mass is 471 g/mol. The van der Waals surface area contributed by atoms with Gasteiger partial charge in [0, 0.05) is 25.5 Å². The van der Waals surface area contributed by atoms with E-state index < -0.39 is 34.4 Å².